The lowest BCUT2D eigenvalue weighted by molar-refractivity contribution is -0.142. The summed E-state index contributed by atoms with van der Waals surface area (Å²) in [6, 6.07) is -0.804. The second kappa shape index (κ2) is 4.92. The monoisotopic (exact) mass is 202 g/mol. The molecule has 1 atom stereocenters. The maximum Gasteiger partial charge on any atom is 0.328 e. The molecule has 1 unspecified atom stereocenters. The number of aliphatic hydroxyl groups excluding tert-OH is 1. The molecule has 1 aliphatic rings. The molecule has 80 valence electrons. The zero-order chi connectivity index (χ0) is 10.6. The van der Waals surface area contributed by atoms with Gasteiger partial charge in [-0.2, -0.15) is 0 Å². The first-order valence-electron chi connectivity index (χ1n) is 4.50. The van der Waals surface area contributed by atoms with Gasteiger partial charge < -0.3 is 20.8 Å². The molecule has 6 heteroatoms. The third-order valence-electron chi connectivity index (χ3n) is 1.94. The molecular formula is C8H14N2O4. The maximum atomic E-state index is 11.1. The molecule has 0 heterocycles. The lowest BCUT2D eigenvalue weighted by atomic mass is 10.3. The SMILES string of the molecule is O=C(CNC1CC1)NC(CO)C(=O)O. The molecule has 1 rings (SSSR count). The van der Waals surface area contributed by atoms with Gasteiger partial charge in [-0.15, -0.1) is 0 Å². The Morgan fingerprint density at radius 3 is 2.50 bits per heavy atom. The van der Waals surface area contributed by atoms with Crippen LogP contribution in [0.3, 0.4) is 0 Å². The quantitative estimate of drug-likeness (QED) is 0.411. The fourth-order valence-corrected chi connectivity index (χ4v) is 0.955. The molecule has 0 aliphatic heterocycles. The molecule has 1 saturated carbocycles. The van der Waals surface area contributed by atoms with Crippen molar-refractivity contribution in [3.63, 3.8) is 0 Å². The minimum atomic E-state index is -1.23. The number of carbonyl (C=O) groups is 2. The van der Waals surface area contributed by atoms with Gasteiger partial charge in [0.15, 0.2) is 0 Å². The second-order valence-corrected chi connectivity index (χ2v) is 3.30. The molecule has 1 fully saturated rings. The Labute approximate surface area is 81.3 Å². The minimum absolute atomic E-state index is 0.106. The van der Waals surface area contributed by atoms with Crippen molar-refractivity contribution in [3.8, 4) is 0 Å². The van der Waals surface area contributed by atoms with Crippen molar-refractivity contribution in [1.29, 1.82) is 0 Å². The van der Waals surface area contributed by atoms with E-state index in [0.717, 1.165) is 12.8 Å². The highest BCUT2D eigenvalue weighted by Crippen LogP contribution is 2.17. The van der Waals surface area contributed by atoms with Crippen LogP contribution in [0.25, 0.3) is 0 Å². The Morgan fingerprint density at radius 2 is 2.07 bits per heavy atom. The van der Waals surface area contributed by atoms with Crippen LogP contribution in [-0.4, -0.2) is 47.3 Å². The molecule has 0 bridgehead atoms. The lowest BCUT2D eigenvalue weighted by Gasteiger charge is -2.11. The molecule has 0 saturated heterocycles. The fourth-order valence-electron chi connectivity index (χ4n) is 0.955. The van der Waals surface area contributed by atoms with Gasteiger partial charge in [-0.1, -0.05) is 0 Å². The number of aliphatic carboxylic acids is 1. The van der Waals surface area contributed by atoms with Gasteiger partial charge in [0.05, 0.1) is 13.2 Å². The summed E-state index contributed by atoms with van der Waals surface area (Å²) in [7, 11) is 0. The van der Waals surface area contributed by atoms with E-state index in [0.29, 0.717) is 6.04 Å². The van der Waals surface area contributed by atoms with Gasteiger partial charge in [-0.25, -0.2) is 4.79 Å². The highest BCUT2D eigenvalue weighted by atomic mass is 16.4. The molecular weight excluding hydrogens is 188 g/mol. The summed E-state index contributed by atoms with van der Waals surface area (Å²) in [5, 5.41) is 22.3. The maximum absolute atomic E-state index is 11.1. The van der Waals surface area contributed by atoms with E-state index in [4.69, 9.17) is 10.2 Å². The Bertz CT molecular complexity index is 227. The first-order valence-corrected chi connectivity index (χ1v) is 4.50. The van der Waals surface area contributed by atoms with Crippen LogP contribution in [0.2, 0.25) is 0 Å². The van der Waals surface area contributed by atoms with Crippen molar-refractivity contribution in [2.24, 2.45) is 0 Å². The molecule has 0 aromatic rings. The summed E-state index contributed by atoms with van der Waals surface area (Å²) in [5.41, 5.74) is 0. The van der Waals surface area contributed by atoms with Crippen LogP contribution in [0, 0.1) is 0 Å². The Kier molecular flexibility index (Phi) is 3.84. The number of hydrogen-bond donors (Lipinski definition) is 4. The van der Waals surface area contributed by atoms with Crippen LogP contribution in [0.5, 0.6) is 0 Å². The first-order chi connectivity index (χ1) is 6.63. The predicted octanol–water partition coefficient (Wildman–Crippen LogP) is -1.70. The van der Waals surface area contributed by atoms with Crippen molar-refractivity contribution < 1.29 is 19.8 Å². The minimum Gasteiger partial charge on any atom is -0.480 e. The molecule has 4 N–H and O–H groups in total. The zero-order valence-electron chi connectivity index (χ0n) is 7.69. The third-order valence-corrected chi connectivity index (χ3v) is 1.94. The molecule has 1 aliphatic carbocycles. The van der Waals surface area contributed by atoms with Gasteiger partial charge >= 0.3 is 5.97 Å². The molecule has 0 spiro atoms. The molecule has 0 radical (unpaired) electrons. The van der Waals surface area contributed by atoms with Crippen molar-refractivity contribution in [2.45, 2.75) is 24.9 Å². The first kappa shape index (κ1) is 10.9. The van der Waals surface area contributed by atoms with E-state index < -0.39 is 24.5 Å². The van der Waals surface area contributed by atoms with E-state index in [9.17, 15) is 9.59 Å². The summed E-state index contributed by atoms with van der Waals surface area (Å²) >= 11 is 0. The average molecular weight is 202 g/mol. The normalized spacial score (nSPS) is 17.5. The van der Waals surface area contributed by atoms with Crippen LogP contribution in [0.1, 0.15) is 12.8 Å². The summed E-state index contributed by atoms with van der Waals surface area (Å²) in [6.07, 6.45) is 2.13. The van der Waals surface area contributed by atoms with Crippen LogP contribution in [0.4, 0.5) is 0 Å². The van der Waals surface area contributed by atoms with E-state index in [1.807, 2.05) is 0 Å². The number of carboxylic acid groups (broad SMARTS) is 1. The number of amides is 1. The number of aliphatic hydroxyl groups is 1. The molecule has 6 nitrogen and oxygen atoms in total. The molecule has 14 heavy (non-hydrogen) atoms. The fraction of sp³-hybridized carbons (Fsp3) is 0.750. The molecule has 0 aromatic carbocycles. The van der Waals surface area contributed by atoms with E-state index >= 15 is 0 Å². The highest BCUT2D eigenvalue weighted by molar-refractivity contribution is 5.84. The number of carbonyl (C=O) groups excluding carboxylic acids is 1. The van der Waals surface area contributed by atoms with E-state index in [-0.39, 0.29) is 6.54 Å². The summed E-state index contributed by atoms with van der Waals surface area (Å²) < 4.78 is 0. The standard InChI is InChI=1S/C8H14N2O4/c11-4-6(8(13)14)10-7(12)3-9-5-1-2-5/h5-6,9,11H,1-4H2,(H,10,12)(H,13,14). The van der Waals surface area contributed by atoms with Gasteiger partial charge in [-0.05, 0) is 12.8 Å². The predicted molar refractivity (Wildman–Crippen MR) is 47.7 cm³/mol. The van der Waals surface area contributed by atoms with Gasteiger partial charge in [0, 0.05) is 6.04 Å². The van der Waals surface area contributed by atoms with E-state index in [2.05, 4.69) is 10.6 Å². The number of nitrogens with one attached hydrogen (secondary N) is 2. The van der Waals surface area contributed by atoms with Crippen molar-refractivity contribution in [3.05, 3.63) is 0 Å². The Balaban J connectivity index is 2.19. The topological polar surface area (TPSA) is 98.7 Å². The van der Waals surface area contributed by atoms with Gasteiger partial charge in [-0.3, -0.25) is 4.79 Å². The highest BCUT2D eigenvalue weighted by Gasteiger charge is 2.23. The number of carboxylic acids is 1. The van der Waals surface area contributed by atoms with Crippen molar-refractivity contribution in [2.75, 3.05) is 13.2 Å². The van der Waals surface area contributed by atoms with Crippen molar-refractivity contribution in [1.82, 2.24) is 10.6 Å². The largest absolute Gasteiger partial charge is 0.480 e. The van der Waals surface area contributed by atoms with Crippen LogP contribution >= 0.6 is 0 Å². The second-order valence-electron chi connectivity index (χ2n) is 3.30. The smallest absolute Gasteiger partial charge is 0.328 e. The summed E-state index contributed by atoms with van der Waals surface area (Å²) in [4.78, 5) is 21.5. The molecule has 1 amide bonds. The van der Waals surface area contributed by atoms with E-state index in [1.54, 1.807) is 0 Å². The summed E-state index contributed by atoms with van der Waals surface area (Å²) in [5.74, 6) is -1.63. The van der Waals surface area contributed by atoms with Crippen LogP contribution in [0.15, 0.2) is 0 Å². The summed E-state index contributed by atoms with van der Waals surface area (Å²) in [6.45, 7) is -0.487. The number of hydrogen-bond acceptors (Lipinski definition) is 4. The van der Waals surface area contributed by atoms with Crippen LogP contribution < -0.4 is 10.6 Å². The van der Waals surface area contributed by atoms with E-state index in [1.165, 1.54) is 0 Å². The van der Waals surface area contributed by atoms with Gasteiger partial charge in [0.1, 0.15) is 6.04 Å². The average Bonchev–Trinajstić information content (AvgIpc) is 2.93. The van der Waals surface area contributed by atoms with Gasteiger partial charge in [0.2, 0.25) is 5.91 Å². The van der Waals surface area contributed by atoms with Crippen LogP contribution in [-0.2, 0) is 9.59 Å². The van der Waals surface area contributed by atoms with Gasteiger partial charge in [0.25, 0.3) is 0 Å². The van der Waals surface area contributed by atoms with Crippen molar-refractivity contribution >= 4 is 11.9 Å². The Morgan fingerprint density at radius 1 is 1.43 bits per heavy atom. The zero-order valence-corrected chi connectivity index (χ0v) is 7.69. The Hall–Kier alpha value is -1.14. The molecule has 0 aromatic heterocycles. The number of rotatable bonds is 6. The lowest BCUT2D eigenvalue weighted by Crippen LogP contribution is -2.46. The third kappa shape index (κ3) is 3.71.